The summed E-state index contributed by atoms with van der Waals surface area (Å²) in [5.41, 5.74) is 2.94. The monoisotopic (exact) mass is 310 g/mol. The first-order chi connectivity index (χ1) is 11.0. The number of rotatable bonds is 4. The molecule has 0 spiro atoms. The summed E-state index contributed by atoms with van der Waals surface area (Å²) in [4.78, 5) is 16.1. The number of ether oxygens (including phenoxy) is 1. The third-order valence-electron chi connectivity index (χ3n) is 3.30. The lowest BCUT2D eigenvalue weighted by Gasteiger charge is -2.09. The number of carbonyl (C=O) groups is 1. The maximum Gasteiger partial charge on any atom is 0.301 e. The zero-order chi connectivity index (χ0) is 17.0. The number of amidine groups is 1. The standard InChI is InChI=1S/C17H18N4O2/c1-6-7-16(22)19-15-8-14(12(3)23-5)17(20-15)11(2)13-9-18-21(4)10-13/h9-10H,2-3,8H2,1,4-5H3,(H,19,20,22). The van der Waals surface area contributed by atoms with E-state index in [1.165, 1.54) is 0 Å². The van der Waals surface area contributed by atoms with Crippen LogP contribution in [0.4, 0.5) is 0 Å². The van der Waals surface area contributed by atoms with Gasteiger partial charge in [0.05, 0.1) is 19.0 Å². The normalized spacial score (nSPS) is 13.1. The molecule has 2 rings (SSSR count). The second-order valence-corrected chi connectivity index (χ2v) is 4.90. The predicted molar refractivity (Wildman–Crippen MR) is 89.1 cm³/mol. The summed E-state index contributed by atoms with van der Waals surface area (Å²) in [6.07, 6.45) is 3.95. The van der Waals surface area contributed by atoms with Crippen LogP contribution < -0.4 is 5.32 Å². The number of aliphatic imine (C=N–C) groups is 1. The van der Waals surface area contributed by atoms with Crippen molar-refractivity contribution in [2.75, 3.05) is 7.11 Å². The van der Waals surface area contributed by atoms with Gasteiger partial charge in [-0.15, -0.1) is 0 Å². The molecule has 0 saturated carbocycles. The van der Waals surface area contributed by atoms with Gasteiger partial charge >= 0.3 is 5.91 Å². The van der Waals surface area contributed by atoms with Crippen molar-refractivity contribution >= 4 is 17.3 Å². The van der Waals surface area contributed by atoms with Gasteiger partial charge in [-0.25, -0.2) is 4.99 Å². The highest BCUT2D eigenvalue weighted by molar-refractivity contribution is 6.09. The molecule has 118 valence electrons. The summed E-state index contributed by atoms with van der Waals surface area (Å²) in [5.74, 6) is 5.54. The zero-order valence-electron chi connectivity index (χ0n) is 13.4. The van der Waals surface area contributed by atoms with Crippen LogP contribution in [-0.4, -0.2) is 28.6 Å². The lowest BCUT2D eigenvalue weighted by molar-refractivity contribution is -0.114. The Morgan fingerprint density at radius 3 is 2.78 bits per heavy atom. The van der Waals surface area contributed by atoms with E-state index in [2.05, 4.69) is 40.4 Å². The molecule has 0 bridgehead atoms. The molecule has 0 aliphatic carbocycles. The van der Waals surface area contributed by atoms with Gasteiger partial charge in [-0.05, 0) is 12.8 Å². The van der Waals surface area contributed by atoms with Gasteiger partial charge in [0, 0.05) is 36.4 Å². The quantitative estimate of drug-likeness (QED) is 0.681. The first-order valence-electron chi connectivity index (χ1n) is 6.92. The topological polar surface area (TPSA) is 68.5 Å². The van der Waals surface area contributed by atoms with Crippen LogP contribution in [0.25, 0.3) is 5.57 Å². The van der Waals surface area contributed by atoms with E-state index in [1.54, 1.807) is 24.9 Å². The molecule has 23 heavy (non-hydrogen) atoms. The first-order valence-corrected chi connectivity index (χ1v) is 6.92. The Morgan fingerprint density at radius 1 is 1.48 bits per heavy atom. The number of nitrogens with one attached hydrogen (secondary N) is 1. The van der Waals surface area contributed by atoms with Gasteiger partial charge in [-0.3, -0.25) is 9.48 Å². The van der Waals surface area contributed by atoms with Crippen molar-refractivity contribution < 1.29 is 9.53 Å². The molecule has 0 atom stereocenters. The second kappa shape index (κ2) is 6.79. The Balaban J connectivity index is 2.33. The Morgan fingerprint density at radius 2 is 2.22 bits per heavy atom. The van der Waals surface area contributed by atoms with Crippen molar-refractivity contribution in [2.45, 2.75) is 13.3 Å². The number of methoxy groups -OCH3 is 1. The molecule has 1 aliphatic heterocycles. The molecule has 6 heteroatoms. The van der Waals surface area contributed by atoms with Crippen molar-refractivity contribution in [3.63, 3.8) is 0 Å². The molecule has 0 fully saturated rings. The van der Waals surface area contributed by atoms with E-state index < -0.39 is 5.91 Å². The van der Waals surface area contributed by atoms with Crippen LogP contribution in [-0.2, 0) is 16.6 Å². The molecular formula is C17H18N4O2. The van der Waals surface area contributed by atoms with Crippen molar-refractivity contribution in [2.24, 2.45) is 12.0 Å². The van der Waals surface area contributed by atoms with E-state index in [4.69, 9.17) is 4.74 Å². The number of hydrogen-bond acceptors (Lipinski definition) is 4. The number of allylic oxidation sites excluding steroid dienone is 2. The molecule has 1 N–H and O–H groups in total. The molecule has 0 unspecified atom stereocenters. The summed E-state index contributed by atoms with van der Waals surface area (Å²) >= 11 is 0. The summed E-state index contributed by atoms with van der Waals surface area (Å²) in [6.45, 7) is 9.56. The van der Waals surface area contributed by atoms with Crippen LogP contribution >= 0.6 is 0 Å². The average molecular weight is 310 g/mol. The van der Waals surface area contributed by atoms with Gasteiger partial charge in [-0.1, -0.05) is 19.1 Å². The highest BCUT2D eigenvalue weighted by Crippen LogP contribution is 2.33. The Hall–Kier alpha value is -3.07. The molecule has 6 nitrogen and oxygen atoms in total. The predicted octanol–water partition coefficient (Wildman–Crippen LogP) is 1.79. The van der Waals surface area contributed by atoms with Gasteiger partial charge in [0.25, 0.3) is 0 Å². The maximum absolute atomic E-state index is 11.6. The molecule has 1 amide bonds. The van der Waals surface area contributed by atoms with Gasteiger partial charge in [0.15, 0.2) is 0 Å². The second-order valence-electron chi connectivity index (χ2n) is 4.90. The summed E-state index contributed by atoms with van der Waals surface area (Å²) < 4.78 is 6.91. The zero-order valence-corrected chi connectivity index (χ0v) is 13.4. The van der Waals surface area contributed by atoms with Crippen molar-refractivity contribution in [1.82, 2.24) is 15.1 Å². The van der Waals surface area contributed by atoms with Crippen LogP contribution in [0.2, 0.25) is 0 Å². The van der Waals surface area contributed by atoms with Crippen LogP contribution in [0.3, 0.4) is 0 Å². The lowest BCUT2D eigenvalue weighted by atomic mass is 10.0. The molecule has 1 aliphatic rings. The fourth-order valence-corrected chi connectivity index (χ4v) is 2.16. The molecule has 0 aromatic carbocycles. The van der Waals surface area contributed by atoms with E-state index >= 15 is 0 Å². The summed E-state index contributed by atoms with van der Waals surface area (Å²) in [5, 5.41) is 6.80. The summed E-state index contributed by atoms with van der Waals surface area (Å²) in [6, 6.07) is 0. The Bertz CT molecular complexity index is 800. The van der Waals surface area contributed by atoms with E-state index in [9.17, 15) is 4.79 Å². The highest BCUT2D eigenvalue weighted by atomic mass is 16.5. The molecular weight excluding hydrogens is 292 g/mol. The SMILES string of the molecule is C=C(OC)C1=C(C(=C)c2cnn(C)c2)N=C(NC(=O)C#CC)C1. The minimum atomic E-state index is -0.401. The van der Waals surface area contributed by atoms with Crippen LogP contribution in [0.15, 0.2) is 47.6 Å². The van der Waals surface area contributed by atoms with E-state index in [-0.39, 0.29) is 0 Å². The minimum Gasteiger partial charge on any atom is -0.497 e. The van der Waals surface area contributed by atoms with Crippen molar-refractivity contribution in [3.05, 3.63) is 48.1 Å². The maximum atomic E-state index is 11.6. The molecule has 2 heterocycles. The van der Waals surface area contributed by atoms with Gasteiger partial charge in [0.2, 0.25) is 0 Å². The number of amides is 1. The average Bonchev–Trinajstić information content (AvgIpc) is 3.12. The van der Waals surface area contributed by atoms with E-state index in [0.29, 0.717) is 29.3 Å². The Labute approximate surface area is 135 Å². The fourth-order valence-electron chi connectivity index (χ4n) is 2.16. The number of carbonyl (C=O) groups excluding carboxylic acids is 1. The highest BCUT2D eigenvalue weighted by Gasteiger charge is 2.24. The van der Waals surface area contributed by atoms with E-state index in [0.717, 1.165) is 11.1 Å². The van der Waals surface area contributed by atoms with Crippen LogP contribution in [0.5, 0.6) is 0 Å². The molecule has 0 radical (unpaired) electrons. The van der Waals surface area contributed by atoms with Crippen LogP contribution in [0, 0.1) is 11.8 Å². The molecule has 0 saturated heterocycles. The number of aromatic nitrogens is 2. The third-order valence-corrected chi connectivity index (χ3v) is 3.30. The number of nitrogens with zero attached hydrogens (tertiary/aromatic N) is 3. The van der Waals surface area contributed by atoms with Gasteiger partial charge < -0.3 is 10.1 Å². The Kier molecular flexibility index (Phi) is 4.82. The first kappa shape index (κ1) is 16.3. The third kappa shape index (κ3) is 3.58. The van der Waals surface area contributed by atoms with Crippen LogP contribution in [0.1, 0.15) is 18.9 Å². The number of aryl methyl sites for hydroxylation is 1. The van der Waals surface area contributed by atoms with Gasteiger partial charge in [-0.2, -0.15) is 5.10 Å². The number of hydrogen-bond donors (Lipinski definition) is 1. The smallest absolute Gasteiger partial charge is 0.301 e. The van der Waals surface area contributed by atoms with Crippen molar-refractivity contribution in [1.29, 1.82) is 0 Å². The summed E-state index contributed by atoms with van der Waals surface area (Å²) in [7, 11) is 3.37. The van der Waals surface area contributed by atoms with Gasteiger partial charge in [0.1, 0.15) is 11.6 Å². The molecule has 1 aromatic heterocycles. The minimum absolute atomic E-state index is 0.401. The van der Waals surface area contributed by atoms with Crippen molar-refractivity contribution in [3.8, 4) is 11.8 Å². The molecule has 1 aromatic rings. The van der Waals surface area contributed by atoms with E-state index in [1.807, 2.05) is 13.2 Å². The fraction of sp³-hybridized carbons (Fsp3) is 0.235. The largest absolute Gasteiger partial charge is 0.497 e. The lowest BCUT2D eigenvalue weighted by Crippen LogP contribution is -2.28.